The lowest BCUT2D eigenvalue weighted by Crippen LogP contribution is -2.36. The smallest absolute Gasteiger partial charge is 0.339 e. The van der Waals surface area contributed by atoms with Crippen molar-refractivity contribution < 1.29 is 30.9 Å². The fourth-order valence-corrected chi connectivity index (χ4v) is 3.80. The quantitative estimate of drug-likeness (QED) is 0.463. The predicted octanol–water partition coefficient (Wildman–Crippen LogP) is 4.41. The van der Waals surface area contributed by atoms with Crippen LogP contribution >= 0.6 is 0 Å². The molecule has 3 aromatic rings. The third-order valence-corrected chi connectivity index (χ3v) is 5.79. The van der Waals surface area contributed by atoms with E-state index in [4.69, 9.17) is 8.92 Å². The first-order valence-electron chi connectivity index (χ1n) is 9.86. The molecule has 0 aromatic heterocycles. The lowest BCUT2D eigenvalue weighted by molar-refractivity contribution is 0.153. The number of nitrogens with zero attached hydrogens (tertiary/aromatic N) is 1. The number of carbonyl (C=O) groups is 1. The van der Waals surface area contributed by atoms with Gasteiger partial charge in [-0.3, -0.25) is 0 Å². The second-order valence-corrected chi connectivity index (χ2v) is 8.54. The van der Waals surface area contributed by atoms with Gasteiger partial charge in [0.15, 0.2) is 0 Å². The Morgan fingerprint density at radius 2 is 1.67 bits per heavy atom. The Kier molecular flexibility index (Phi) is 7.96. The van der Waals surface area contributed by atoms with E-state index in [0.717, 1.165) is 24.3 Å². The molecule has 0 bridgehead atoms. The molecule has 0 unspecified atom stereocenters. The van der Waals surface area contributed by atoms with Crippen molar-refractivity contribution in [2.75, 3.05) is 25.6 Å². The number of benzene rings is 3. The monoisotopic (exact) mass is 476 g/mol. The van der Waals surface area contributed by atoms with Crippen LogP contribution in [-0.4, -0.2) is 39.6 Å². The van der Waals surface area contributed by atoms with Crippen molar-refractivity contribution in [1.82, 2.24) is 4.90 Å². The molecule has 0 aliphatic carbocycles. The number of rotatable bonds is 9. The van der Waals surface area contributed by atoms with E-state index in [1.807, 2.05) is 0 Å². The number of anilines is 1. The van der Waals surface area contributed by atoms with E-state index in [1.165, 1.54) is 42.3 Å². The molecule has 3 aromatic carbocycles. The van der Waals surface area contributed by atoms with Crippen LogP contribution in [-0.2, 0) is 21.4 Å². The Balaban J connectivity index is 1.68. The molecule has 0 heterocycles. The summed E-state index contributed by atoms with van der Waals surface area (Å²) in [6.07, 6.45) is 0. The van der Waals surface area contributed by atoms with Gasteiger partial charge in [-0.2, -0.15) is 8.42 Å². The van der Waals surface area contributed by atoms with Crippen LogP contribution in [0.2, 0.25) is 0 Å². The Morgan fingerprint density at radius 3 is 2.30 bits per heavy atom. The van der Waals surface area contributed by atoms with Gasteiger partial charge in [-0.05, 0) is 60.2 Å². The molecule has 0 saturated carbocycles. The van der Waals surface area contributed by atoms with Crippen molar-refractivity contribution in [1.29, 1.82) is 0 Å². The van der Waals surface area contributed by atoms with Crippen molar-refractivity contribution in [3.63, 3.8) is 0 Å². The molecule has 10 heteroatoms. The highest BCUT2D eigenvalue weighted by molar-refractivity contribution is 7.87. The number of ether oxygens (including phenoxy) is 1. The highest BCUT2D eigenvalue weighted by Gasteiger charge is 2.18. The van der Waals surface area contributed by atoms with Crippen LogP contribution in [0.15, 0.2) is 77.7 Å². The number of hydrogen-bond acceptors (Lipinski definition) is 5. The number of nitrogens with one attached hydrogen (secondary N) is 1. The number of hydrogen-bond donors (Lipinski definition) is 1. The maximum absolute atomic E-state index is 13.4. The number of carbonyl (C=O) groups excluding carboxylic acids is 1. The summed E-state index contributed by atoms with van der Waals surface area (Å²) >= 11 is 0. The van der Waals surface area contributed by atoms with Crippen LogP contribution in [0.1, 0.15) is 5.56 Å². The highest BCUT2D eigenvalue weighted by Crippen LogP contribution is 2.20. The van der Waals surface area contributed by atoms with Crippen LogP contribution in [0, 0.1) is 11.6 Å². The zero-order valence-electron chi connectivity index (χ0n) is 17.7. The van der Waals surface area contributed by atoms with Gasteiger partial charge in [-0.1, -0.05) is 18.2 Å². The first-order valence-corrected chi connectivity index (χ1v) is 11.3. The Labute approximate surface area is 190 Å². The van der Waals surface area contributed by atoms with Gasteiger partial charge in [0.1, 0.15) is 22.3 Å². The maximum Gasteiger partial charge on any atom is 0.339 e. The molecule has 0 atom stereocenters. The molecular weight excluding hydrogens is 454 g/mol. The third kappa shape index (κ3) is 6.99. The summed E-state index contributed by atoms with van der Waals surface area (Å²) in [7, 11) is -2.61. The van der Waals surface area contributed by atoms with Crippen molar-refractivity contribution in [3.05, 3.63) is 90.0 Å². The zero-order chi connectivity index (χ0) is 23.8. The lowest BCUT2D eigenvalue weighted by Gasteiger charge is -2.23. The summed E-state index contributed by atoms with van der Waals surface area (Å²) in [5.74, 6) is -0.962. The summed E-state index contributed by atoms with van der Waals surface area (Å²) in [6, 6.07) is 15.5. The van der Waals surface area contributed by atoms with Gasteiger partial charge in [0, 0.05) is 25.9 Å². The predicted molar refractivity (Wildman–Crippen MR) is 118 cm³/mol. The van der Waals surface area contributed by atoms with E-state index < -0.39 is 27.8 Å². The first kappa shape index (κ1) is 24.1. The Morgan fingerprint density at radius 1 is 0.970 bits per heavy atom. The first-order chi connectivity index (χ1) is 15.8. The van der Waals surface area contributed by atoms with Gasteiger partial charge in [0.05, 0.1) is 6.61 Å². The lowest BCUT2D eigenvalue weighted by atomic mass is 10.2. The van der Waals surface area contributed by atoms with Crippen LogP contribution < -0.4 is 9.50 Å². The Hall–Kier alpha value is -3.50. The normalized spacial score (nSPS) is 11.1. The minimum Gasteiger partial charge on any atom is -0.383 e. The second-order valence-electron chi connectivity index (χ2n) is 6.99. The number of methoxy groups -OCH3 is 1. The fraction of sp³-hybridized carbons (Fsp3) is 0.174. The topological polar surface area (TPSA) is 84.9 Å². The van der Waals surface area contributed by atoms with Gasteiger partial charge in [0.2, 0.25) is 0 Å². The highest BCUT2D eigenvalue weighted by atomic mass is 32.2. The summed E-state index contributed by atoms with van der Waals surface area (Å²) in [5.41, 5.74) is 1.02. The third-order valence-electron chi connectivity index (χ3n) is 4.53. The summed E-state index contributed by atoms with van der Waals surface area (Å²) in [5, 5.41) is 2.64. The van der Waals surface area contributed by atoms with Gasteiger partial charge < -0.3 is 19.1 Å². The molecule has 3 rings (SSSR count). The summed E-state index contributed by atoms with van der Waals surface area (Å²) < 4.78 is 61.2. The van der Waals surface area contributed by atoms with Crippen molar-refractivity contribution >= 4 is 21.8 Å². The van der Waals surface area contributed by atoms with Crippen LogP contribution in [0.3, 0.4) is 0 Å². The second kappa shape index (κ2) is 10.9. The minimum absolute atomic E-state index is 0.0655. The molecule has 33 heavy (non-hydrogen) atoms. The molecule has 0 spiro atoms. The summed E-state index contributed by atoms with van der Waals surface area (Å²) in [4.78, 5) is 14.0. The Bertz CT molecular complexity index is 1190. The summed E-state index contributed by atoms with van der Waals surface area (Å²) in [6.45, 7) is 0.748. The van der Waals surface area contributed by atoms with E-state index in [-0.39, 0.29) is 30.3 Å². The van der Waals surface area contributed by atoms with E-state index >= 15 is 0 Å². The van der Waals surface area contributed by atoms with E-state index in [1.54, 1.807) is 18.2 Å². The average Bonchev–Trinajstić information content (AvgIpc) is 2.78. The SMILES string of the molecule is COCCN(Cc1ccc(OS(=O)(=O)c2ccc(F)cc2)cc1)C(=O)Nc1cccc(F)c1. The standard InChI is InChI=1S/C23H22F2N2O5S/c1-31-14-13-27(23(28)26-20-4-2-3-19(25)15-20)16-17-5-9-21(10-6-17)32-33(29,30)22-11-7-18(24)8-12-22/h2-12,15H,13-14,16H2,1H3,(H,26,28). The zero-order valence-corrected chi connectivity index (χ0v) is 18.5. The van der Waals surface area contributed by atoms with Crippen LogP contribution in [0.5, 0.6) is 5.75 Å². The van der Waals surface area contributed by atoms with E-state index in [0.29, 0.717) is 11.3 Å². The molecule has 0 saturated heterocycles. The van der Waals surface area contributed by atoms with Gasteiger partial charge in [0.25, 0.3) is 0 Å². The number of urea groups is 1. The molecule has 7 nitrogen and oxygen atoms in total. The number of halogens is 2. The molecule has 174 valence electrons. The largest absolute Gasteiger partial charge is 0.383 e. The minimum atomic E-state index is -4.12. The molecule has 0 fully saturated rings. The van der Waals surface area contributed by atoms with Crippen molar-refractivity contribution in [3.8, 4) is 5.75 Å². The van der Waals surface area contributed by atoms with E-state index in [2.05, 4.69) is 5.32 Å². The van der Waals surface area contributed by atoms with Gasteiger partial charge >= 0.3 is 16.1 Å². The maximum atomic E-state index is 13.4. The molecule has 1 N–H and O–H groups in total. The number of amides is 2. The van der Waals surface area contributed by atoms with Crippen molar-refractivity contribution in [2.24, 2.45) is 0 Å². The van der Waals surface area contributed by atoms with E-state index in [9.17, 15) is 22.0 Å². The van der Waals surface area contributed by atoms with Crippen LogP contribution in [0.4, 0.5) is 19.3 Å². The van der Waals surface area contributed by atoms with Gasteiger partial charge in [-0.15, -0.1) is 0 Å². The molecule has 2 amide bonds. The molecule has 0 aliphatic heterocycles. The molecule has 0 radical (unpaired) electrons. The van der Waals surface area contributed by atoms with Crippen molar-refractivity contribution in [2.45, 2.75) is 11.4 Å². The van der Waals surface area contributed by atoms with Gasteiger partial charge in [-0.25, -0.2) is 13.6 Å². The molecule has 0 aliphatic rings. The fourth-order valence-electron chi connectivity index (χ4n) is 2.87. The average molecular weight is 477 g/mol. The van der Waals surface area contributed by atoms with Crippen LogP contribution in [0.25, 0.3) is 0 Å². The molecular formula is C23H22F2N2O5S.